The number of carboxylic acid groups (broad SMARTS) is 1. The van der Waals surface area contributed by atoms with Gasteiger partial charge in [0.05, 0.1) is 11.9 Å². The Balaban J connectivity index is 3.01. The molecule has 0 amide bonds. The number of aliphatic carboxylic acids is 1. The van der Waals surface area contributed by atoms with Crippen LogP contribution in [-0.4, -0.2) is 57.0 Å². The minimum atomic E-state index is -7.61. The molecule has 0 bridgehead atoms. The van der Waals surface area contributed by atoms with Crippen LogP contribution >= 0.6 is 22.6 Å². The highest BCUT2D eigenvalue weighted by Crippen LogP contribution is 2.63. The lowest BCUT2D eigenvalue weighted by atomic mass is 9.71. The molecule has 1 rings (SSSR count). The standard InChI is InChI=1S/C18H14F17IO2/c19-11(20,15(27,28)16(29,30)17(31,32)18(33,34)35)6-4-2-1-3-5-10(36)7-12(21,22)14(25,26)13(23,24)8(10)9(37)38/h1,3,8H,2,4-7H2,(H,37,38)/p-1. The molecule has 1 saturated carbocycles. The van der Waals surface area contributed by atoms with Crippen LogP contribution in [0.15, 0.2) is 12.2 Å². The second-order valence-corrected chi connectivity index (χ2v) is 10.5. The Morgan fingerprint density at radius 2 is 1.29 bits per heavy atom. The third kappa shape index (κ3) is 5.38. The van der Waals surface area contributed by atoms with Crippen LogP contribution < -0.4 is 5.11 Å². The van der Waals surface area contributed by atoms with Gasteiger partial charge in [0.1, 0.15) is 0 Å². The van der Waals surface area contributed by atoms with E-state index in [-0.39, 0.29) is 0 Å². The molecule has 1 fully saturated rings. The maximum absolute atomic E-state index is 14.0. The van der Waals surface area contributed by atoms with Gasteiger partial charge in [-0.25, -0.2) is 0 Å². The second kappa shape index (κ2) is 9.99. The molecule has 2 atom stereocenters. The smallest absolute Gasteiger partial charge is 0.460 e. The van der Waals surface area contributed by atoms with Crippen molar-refractivity contribution in [2.45, 2.75) is 83.2 Å². The summed E-state index contributed by atoms with van der Waals surface area (Å²) in [4.78, 5) is 11.1. The van der Waals surface area contributed by atoms with Gasteiger partial charge >= 0.3 is 47.6 Å². The van der Waals surface area contributed by atoms with Gasteiger partial charge in [0.15, 0.2) is 0 Å². The van der Waals surface area contributed by atoms with Crippen molar-refractivity contribution in [3.05, 3.63) is 12.2 Å². The number of carbonyl (C=O) groups is 1. The summed E-state index contributed by atoms with van der Waals surface area (Å²) in [6, 6.07) is 0. The predicted molar refractivity (Wildman–Crippen MR) is 98.2 cm³/mol. The number of carboxylic acids is 1. The van der Waals surface area contributed by atoms with Gasteiger partial charge in [-0.05, 0) is 19.3 Å². The molecule has 20 heteroatoms. The summed E-state index contributed by atoms with van der Waals surface area (Å²) in [6.07, 6.45) is -14.4. The average Bonchev–Trinajstić information content (AvgIpc) is 2.67. The quantitative estimate of drug-likeness (QED) is 0.0802. The van der Waals surface area contributed by atoms with Crippen molar-refractivity contribution in [2.24, 2.45) is 5.92 Å². The first-order chi connectivity index (χ1) is 16.5. The van der Waals surface area contributed by atoms with Gasteiger partial charge in [0.2, 0.25) is 0 Å². The summed E-state index contributed by atoms with van der Waals surface area (Å²) < 4.78 is 222. The van der Waals surface area contributed by atoms with Crippen molar-refractivity contribution < 1.29 is 84.5 Å². The van der Waals surface area contributed by atoms with Crippen LogP contribution in [-0.2, 0) is 4.79 Å². The second-order valence-electron chi connectivity index (χ2n) is 8.36. The normalized spacial score (nSPS) is 26.5. The molecule has 38 heavy (non-hydrogen) atoms. The fourth-order valence-corrected chi connectivity index (χ4v) is 4.86. The Labute approximate surface area is 214 Å². The Morgan fingerprint density at radius 3 is 1.71 bits per heavy atom. The summed E-state index contributed by atoms with van der Waals surface area (Å²) in [5.74, 6) is -52.4. The van der Waals surface area contributed by atoms with E-state index in [2.05, 4.69) is 0 Å². The highest BCUT2D eigenvalue weighted by atomic mass is 127. The molecule has 0 aromatic heterocycles. The first kappa shape index (κ1) is 34.8. The Bertz CT molecular complexity index is 911. The SMILES string of the molecule is O=C([O-])C1C(I)(CC=CCCCC(F)(F)C(F)(F)C(F)(F)C(F)(F)C(F)(F)F)CC(F)(F)C(F)(F)C1(F)F. The number of alkyl halides is 18. The zero-order valence-electron chi connectivity index (χ0n) is 17.9. The third-order valence-electron chi connectivity index (χ3n) is 5.60. The van der Waals surface area contributed by atoms with Gasteiger partial charge < -0.3 is 9.90 Å². The molecule has 0 aromatic carbocycles. The number of unbranched alkanes of at least 4 members (excludes halogenated alkanes) is 1. The number of hydrogen-bond donors (Lipinski definition) is 0. The van der Waals surface area contributed by atoms with Crippen LogP contribution in [0.1, 0.15) is 32.1 Å². The van der Waals surface area contributed by atoms with Gasteiger partial charge in [0, 0.05) is 16.3 Å². The summed E-state index contributed by atoms with van der Waals surface area (Å²) in [5, 5.41) is 11.1. The van der Waals surface area contributed by atoms with E-state index in [4.69, 9.17) is 0 Å². The maximum atomic E-state index is 14.0. The molecule has 0 heterocycles. The van der Waals surface area contributed by atoms with Crippen molar-refractivity contribution in [2.75, 3.05) is 0 Å². The molecule has 1 aliphatic rings. The van der Waals surface area contributed by atoms with E-state index in [0.29, 0.717) is 34.7 Å². The molecule has 0 saturated heterocycles. The zero-order valence-corrected chi connectivity index (χ0v) is 20.0. The summed E-state index contributed by atoms with van der Waals surface area (Å²) >= 11 is 0.710. The molecule has 0 aliphatic heterocycles. The molecule has 0 spiro atoms. The largest absolute Gasteiger partial charge is 0.550 e. The van der Waals surface area contributed by atoms with E-state index in [1.165, 1.54) is 0 Å². The van der Waals surface area contributed by atoms with Crippen LogP contribution in [0.4, 0.5) is 74.6 Å². The highest BCUT2D eigenvalue weighted by Gasteiger charge is 2.87. The van der Waals surface area contributed by atoms with E-state index in [0.717, 1.165) is 0 Å². The lowest BCUT2D eigenvalue weighted by Crippen LogP contribution is -2.71. The van der Waals surface area contributed by atoms with Crippen LogP contribution in [0.25, 0.3) is 0 Å². The number of allylic oxidation sites excluding steroid dienone is 2. The molecular weight excluding hydrogens is 698 g/mol. The van der Waals surface area contributed by atoms with E-state index in [1.54, 1.807) is 0 Å². The van der Waals surface area contributed by atoms with Crippen molar-refractivity contribution >= 4 is 28.6 Å². The zero-order chi connectivity index (χ0) is 30.6. The van der Waals surface area contributed by atoms with Crippen LogP contribution in [0.3, 0.4) is 0 Å². The summed E-state index contributed by atoms with van der Waals surface area (Å²) in [6.45, 7) is 0. The first-order valence-electron chi connectivity index (χ1n) is 9.74. The number of hydrogen-bond acceptors (Lipinski definition) is 2. The van der Waals surface area contributed by atoms with Crippen LogP contribution in [0.2, 0.25) is 0 Å². The van der Waals surface area contributed by atoms with Gasteiger partial charge in [-0.1, -0.05) is 34.7 Å². The number of halogens is 18. The van der Waals surface area contributed by atoms with Crippen molar-refractivity contribution in [1.29, 1.82) is 0 Å². The summed E-state index contributed by atoms with van der Waals surface area (Å²) in [5.41, 5.74) is 0. The monoisotopic (exact) mass is 711 g/mol. The number of carbonyl (C=O) groups excluding carboxylic acids is 1. The molecule has 1 aliphatic carbocycles. The molecule has 0 N–H and O–H groups in total. The minimum absolute atomic E-state index is 0.501. The van der Waals surface area contributed by atoms with Crippen molar-refractivity contribution in [3.63, 3.8) is 0 Å². The van der Waals surface area contributed by atoms with Gasteiger partial charge in [-0.15, -0.1) is 0 Å². The molecule has 224 valence electrons. The van der Waals surface area contributed by atoms with Crippen LogP contribution in [0.5, 0.6) is 0 Å². The molecular formula is C18H13F17IO2-. The topological polar surface area (TPSA) is 40.1 Å². The molecule has 2 unspecified atom stereocenters. The lowest BCUT2D eigenvalue weighted by molar-refractivity contribution is -0.422. The Morgan fingerprint density at radius 1 is 0.816 bits per heavy atom. The Kier molecular flexibility index (Phi) is 9.14. The average molecular weight is 711 g/mol. The number of rotatable bonds is 10. The predicted octanol–water partition coefficient (Wildman–Crippen LogP) is 7.06. The molecule has 2 nitrogen and oxygen atoms in total. The van der Waals surface area contributed by atoms with E-state index < -0.39 is 95.0 Å². The van der Waals surface area contributed by atoms with Crippen molar-refractivity contribution in [1.82, 2.24) is 0 Å². The maximum Gasteiger partial charge on any atom is 0.460 e. The fraction of sp³-hybridized carbons (Fsp3) is 0.833. The van der Waals surface area contributed by atoms with Crippen molar-refractivity contribution in [3.8, 4) is 0 Å². The van der Waals surface area contributed by atoms with E-state index in [9.17, 15) is 84.5 Å². The highest BCUT2D eigenvalue weighted by molar-refractivity contribution is 14.1. The first-order valence-corrected chi connectivity index (χ1v) is 10.8. The van der Waals surface area contributed by atoms with E-state index >= 15 is 0 Å². The van der Waals surface area contributed by atoms with Gasteiger partial charge in [0.25, 0.3) is 0 Å². The lowest BCUT2D eigenvalue weighted by Gasteiger charge is -2.50. The van der Waals surface area contributed by atoms with Crippen LogP contribution in [0, 0.1) is 5.92 Å². The van der Waals surface area contributed by atoms with Gasteiger partial charge in [-0.2, -0.15) is 74.6 Å². The van der Waals surface area contributed by atoms with Gasteiger partial charge in [-0.3, -0.25) is 0 Å². The molecule has 0 aromatic rings. The Hall–Kier alpha value is -1.25. The van der Waals surface area contributed by atoms with E-state index in [1.807, 2.05) is 0 Å². The molecule has 0 radical (unpaired) electrons. The fourth-order valence-electron chi connectivity index (χ4n) is 3.48. The minimum Gasteiger partial charge on any atom is -0.550 e. The third-order valence-corrected chi connectivity index (χ3v) is 7.04. The summed E-state index contributed by atoms with van der Waals surface area (Å²) in [7, 11) is 0.